The predicted octanol–water partition coefficient (Wildman–Crippen LogP) is 3.60. The Morgan fingerprint density at radius 2 is 1.66 bits per heavy atom. The summed E-state index contributed by atoms with van der Waals surface area (Å²) in [7, 11) is -4.16. The van der Waals surface area contributed by atoms with Crippen LogP contribution in [0, 0.1) is 5.82 Å². The summed E-state index contributed by atoms with van der Waals surface area (Å²) >= 11 is 0. The van der Waals surface area contributed by atoms with E-state index < -0.39 is 16.1 Å². The smallest absolute Gasteiger partial charge is 0.333 e. The molecular formula is C23H26FN3O4S. The first-order chi connectivity index (χ1) is 15.4. The molecule has 0 atom stereocenters. The molecule has 1 aromatic heterocycles. The monoisotopic (exact) mass is 459 g/mol. The first kappa shape index (κ1) is 20.2. The third-order valence-corrected chi connectivity index (χ3v) is 8.66. The highest BCUT2D eigenvalue weighted by Gasteiger charge is 2.35. The van der Waals surface area contributed by atoms with Crippen molar-refractivity contribution in [3.63, 3.8) is 0 Å². The highest BCUT2D eigenvalue weighted by molar-refractivity contribution is 7.89. The van der Waals surface area contributed by atoms with E-state index in [0.717, 1.165) is 61.2 Å². The van der Waals surface area contributed by atoms with Gasteiger partial charge in [-0.15, -0.1) is 0 Å². The summed E-state index contributed by atoms with van der Waals surface area (Å²) < 4.78 is 48.6. The number of amides is 2. The van der Waals surface area contributed by atoms with Gasteiger partial charge < -0.3 is 9.73 Å². The van der Waals surface area contributed by atoms with E-state index in [2.05, 4.69) is 14.9 Å². The van der Waals surface area contributed by atoms with E-state index >= 15 is 0 Å². The van der Waals surface area contributed by atoms with Crippen molar-refractivity contribution in [2.24, 2.45) is 0 Å². The number of rotatable bonds is 3. The average molecular weight is 460 g/mol. The molecule has 1 saturated heterocycles. The number of sulfonamides is 1. The van der Waals surface area contributed by atoms with Gasteiger partial charge in [0.2, 0.25) is 5.09 Å². The topological polar surface area (TPSA) is 91.7 Å². The maximum atomic E-state index is 14.8. The van der Waals surface area contributed by atoms with Crippen LogP contribution in [0.3, 0.4) is 0 Å². The number of nitrogens with one attached hydrogen (secondary N) is 2. The van der Waals surface area contributed by atoms with Gasteiger partial charge in [0.1, 0.15) is 11.6 Å². The Kier molecular flexibility index (Phi) is 4.62. The van der Waals surface area contributed by atoms with Crippen molar-refractivity contribution >= 4 is 21.7 Å². The minimum absolute atomic E-state index is 0.134. The van der Waals surface area contributed by atoms with E-state index in [1.807, 2.05) is 0 Å². The molecule has 0 radical (unpaired) electrons. The largest absolute Gasteiger partial charge is 0.447 e. The zero-order chi connectivity index (χ0) is 22.0. The highest BCUT2D eigenvalue weighted by Crippen LogP contribution is 2.41. The first-order valence-corrected chi connectivity index (χ1v) is 12.9. The molecule has 7 rings (SSSR count). The van der Waals surface area contributed by atoms with Crippen molar-refractivity contribution < 1.29 is 22.0 Å². The zero-order valence-corrected chi connectivity index (χ0v) is 18.6. The lowest BCUT2D eigenvalue weighted by Crippen LogP contribution is -2.35. The Morgan fingerprint density at radius 3 is 2.31 bits per heavy atom. The summed E-state index contributed by atoms with van der Waals surface area (Å²) in [5, 5.41) is 2.53. The highest BCUT2D eigenvalue weighted by atomic mass is 32.2. The zero-order valence-electron chi connectivity index (χ0n) is 17.8. The van der Waals surface area contributed by atoms with Crippen LogP contribution in [0.4, 0.5) is 14.9 Å². The molecule has 2 amide bonds. The fourth-order valence-electron chi connectivity index (χ4n) is 5.96. The molecule has 2 bridgehead atoms. The van der Waals surface area contributed by atoms with Crippen molar-refractivity contribution in [1.29, 1.82) is 0 Å². The first-order valence-electron chi connectivity index (χ1n) is 11.4. The van der Waals surface area contributed by atoms with Gasteiger partial charge in [-0.3, -0.25) is 4.90 Å². The van der Waals surface area contributed by atoms with E-state index in [1.54, 1.807) is 6.07 Å². The fraction of sp³-hybridized carbons (Fsp3) is 0.522. The molecular weight excluding hydrogens is 433 g/mol. The van der Waals surface area contributed by atoms with Crippen LogP contribution >= 0.6 is 0 Å². The third kappa shape index (κ3) is 3.16. The van der Waals surface area contributed by atoms with Crippen LogP contribution in [0.5, 0.6) is 0 Å². The van der Waals surface area contributed by atoms with E-state index in [0.29, 0.717) is 49.0 Å². The lowest BCUT2D eigenvalue weighted by Gasteiger charge is -2.26. The number of halogens is 1. The van der Waals surface area contributed by atoms with E-state index in [1.165, 1.54) is 0 Å². The number of hydrogen-bond acceptors (Lipinski definition) is 5. The molecule has 1 fully saturated rings. The number of carbonyl (C=O) groups excluding carboxylic acids is 1. The summed E-state index contributed by atoms with van der Waals surface area (Å²) in [6, 6.07) is 0.714. The molecule has 5 aliphatic rings. The van der Waals surface area contributed by atoms with Crippen molar-refractivity contribution in [3.8, 4) is 0 Å². The quantitative estimate of drug-likeness (QED) is 0.732. The van der Waals surface area contributed by atoms with Gasteiger partial charge in [0.25, 0.3) is 10.0 Å². The lowest BCUT2D eigenvalue weighted by molar-refractivity contribution is 0.212. The number of urea groups is 1. The Bertz CT molecular complexity index is 1190. The average Bonchev–Trinajstić information content (AvgIpc) is 3.49. The molecule has 0 saturated carbocycles. The fourth-order valence-corrected chi connectivity index (χ4v) is 6.86. The van der Waals surface area contributed by atoms with Crippen LogP contribution in [0.15, 0.2) is 15.6 Å². The maximum absolute atomic E-state index is 14.8. The number of anilines is 1. The van der Waals surface area contributed by atoms with E-state index in [9.17, 15) is 17.6 Å². The molecule has 3 aliphatic heterocycles. The standard InChI is InChI=1S/C23H26FN3O4S/c24-20-15-3-1-5-17(15)21(18-6-2-4-16(18)20)25-23(28)26-32(29,30)19-11-14-12-27-9-7-13(8-10-27)22(14)31-19/h11,13H,1-10,12H2,(H2,25,26,28). The molecule has 2 aliphatic carbocycles. The summed E-state index contributed by atoms with van der Waals surface area (Å²) in [4.78, 5) is 15.1. The van der Waals surface area contributed by atoms with Gasteiger partial charge >= 0.3 is 6.03 Å². The molecule has 32 heavy (non-hydrogen) atoms. The van der Waals surface area contributed by atoms with Crippen molar-refractivity contribution in [2.75, 3.05) is 18.4 Å². The third-order valence-electron chi connectivity index (χ3n) is 7.47. The Labute approximate surface area is 186 Å². The van der Waals surface area contributed by atoms with Gasteiger partial charge in [-0.2, -0.15) is 8.42 Å². The number of carbonyl (C=O) groups is 1. The van der Waals surface area contributed by atoms with Gasteiger partial charge in [0, 0.05) is 29.8 Å². The van der Waals surface area contributed by atoms with Crippen molar-refractivity contribution in [2.45, 2.75) is 68.9 Å². The van der Waals surface area contributed by atoms with Gasteiger partial charge in [-0.25, -0.2) is 13.9 Å². The number of fused-ring (bicyclic) bond motifs is 4. The molecule has 0 unspecified atom stereocenters. The second kappa shape index (κ2) is 7.31. The summed E-state index contributed by atoms with van der Waals surface area (Å²) in [5.41, 5.74) is 4.45. The minimum atomic E-state index is -4.16. The van der Waals surface area contributed by atoms with Crippen LogP contribution in [-0.2, 0) is 42.3 Å². The molecule has 0 spiro atoms. The van der Waals surface area contributed by atoms with Gasteiger partial charge in [0.15, 0.2) is 0 Å². The number of benzene rings is 1. The molecule has 9 heteroatoms. The molecule has 4 heterocycles. The van der Waals surface area contributed by atoms with E-state index in [-0.39, 0.29) is 16.8 Å². The summed E-state index contributed by atoms with van der Waals surface area (Å²) in [6.07, 6.45) is 6.25. The van der Waals surface area contributed by atoms with Crippen molar-refractivity contribution in [1.82, 2.24) is 9.62 Å². The van der Waals surface area contributed by atoms with Crippen LogP contribution in [0.25, 0.3) is 0 Å². The Balaban J connectivity index is 1.26. The van der Waals surface area contributed by atoms with Crippen LogP contribution < -0.4 is 10.0 Å². The molecule has 7 nitrogen and oxygen atoms in total. The number of furan rings is 1. The van der Waals surface area contributed by atoms with Gasteiger partial charge in [-0.1, -0.05) is 0 Å². The Hall–Kier alpha value is -2.39. The molecule has 2 aromatic rings. The second-order valence-corrected chi connectivity index (χ2v) is 11.0. The second-order valence-electron chi connectivity index (χ2n) is 9.38. The summed E-state index contributed by atoms with van der Waals surface area (Å²) in [6.45, 7) is 2.65. The van der Waals surface area contributed by atoms with Crippen LogP contribution in [0.2, 0.25) is 0 Å². The predicted molar refractivity (Wildman–Crippen MR) is 116 cm³/mol. The molecule has 170 valence electrons. The lowest BCUT2D eigenvalue weighted by atomic mass is 9.95. The van der Waals surface area contributed by atoms with Crippen LogP contribution in [0.1, 0.15) is 65.2 Å². The number of hydrogen-bond donors (Lipinski definition) is 2. The normalized spacial score (nSPS) is 23.4. The SMILES string of the molecule is O=C(Nc1c2c(c(F)c3c1CCC3)CCC2)NS(=O)(=O)c1cc2c(o1)C1CCN(CC1)C2. The maximum Gasteiger partial charge on any atom is 0.333 e. The van der Waals surface area contributed by atoms with Gasteiger partial charge in [0.05, 0.1) is 0 Å². The molecule has 1 aromatic carbocycles. The number of nitrogens with zero attached hydrogens (tertiary/aromatic N) is 1. The number of piperidine rings is 1. The molecule has 2 N–H and O–H groups in total. The van der Waals surface area contributed by atoms with Gasteiger partial charge in [-0.05, 0) is 86.7 Å². The Morgan fingerprint density at radius 1 is 1.03 bits per heavy atom. The van der Waals surface area contributed by atoms with Crippen molar-refractivity contribution in [3.05, 3.63) is 45.5 Å². The van der Waals surface area contributed by atoms with Crippen LogP contribution in [-0.4, -0.2) is 32.4 Å². The van der Waals surface area contributed by atoms with E-state index in [4.69, 9.17) is 4.42 Å². The minimum Gasteiger partial charge on any atom is -0.447 e. The summed E-state index contributed by atoms with van der Waals surface area (Å²) in [5.74, 6) is 0.830.